The molecule has 0 N–H and O–H groups in total. The van der Waals surface area contributed by atoms with Gasteiger partial charge in [0.15, 0.2) is 0 Å². The van der Waals surface area contributed by atoms with Gasteiger partial charge >= 0.3 is 0 Å². The number of rotatable bonds is 7. The summed E-state index contributed by atoms with van der Waals surface area (Å²) < 4.78 is 7.57. The van der Waals surface area contributed by atoms with Crippen molar-refractivity contribution < 1.29 is 9.32 Å². The average molecular weight is 458 g/mol. The Balaban J connectivity index is 1.12. The van der Waals surface area contributed by atoms with Crippen molar-refractivity contribution in [1.29, 1.82) is 0 Å². The monoisotopic (exact) mass is 457 g/mol. The molecule has 2 aromatic heterocycles. The van der Waals surface area contributed by atoms with E-state index in [4.69, 9.17) is 4.52 Å². The van der Waals surface area contributed by atoms with Gasteiger partial charge in [-0.05, 0) is 38.9 Å². The van der Waals surface area contributed by atoms with Gasteiger partial charge in [-0.2, -0.15) is 4.98 Å². The molecule has 0 bridgehead atoms. The van der Waals surface area contributed by atoms with E-state index in [0.29, 0.717) is 11.7 Å². The minimum absolute atomic E-state index is 0.132. The SMILES string of the molecule is CCn1c(C(=O)N2CCN(CCCc3nc(-c4ccc(C)cc4)no3)CC2)cc2ccccc21. The summed E-state index contributed by atoms with van der Waals surface area (Å²) in [6.45, 7) is 9.17. The minimum atomic E-state index is 0.132. The number of carbonyl (C=O) groups is 1. The number of hydrogen-bond acceptors (Lipinski definition) is 5. The molecule has 1 fully saturated rings. The van der Waals surface area contributed by atoms with Crippen LogP contribution in [-0.2, 0) is 13.0 Å². The van der Waals surface area contributed by atoms with Crippen LogP contribution in [-0.4, -0.2) is 63.1 Å². The van der Waals surface area contributed by atoms with Crippen molar-refractivity contribution in [3.8, 4) is 11.4 Å². The first kappa shape index (κ1) is 22.3. The Bertz CT molecular complexity index is 1270. The highest BCUT2D eigenvalue weighted by molar-refractivity contribution is 5.98. The van der Waals surface area contributed by atoms with Crippen LogP contribution in [0.3, 0.4) is 0 Å². The largest absolute Gasteiger partial charge is 0.339 e. The van der Waals surface area contributed by atoms with Gasteiger partial charge in [-0.15, -0.1) is 0 Å². The lowest BCUT2D eigenvalue weighted by Crippen LogP contribution is -2.49. The van der Waals surface area contributed by atoms with E-state index >= 15 is 0 Å². The van der Waals surface area contributed by atoms with Gasteiger partial charge in [-0.3, -0.25) is 9.69 Å². The Hall–Kier alpha value is -3.45. The van der Waals surface area contributed by atoms with E-state index in [-0.39, 0.29) is 5.91 Å². The Morgan fingerprint density at radius 1 is 1.03 bits per heavy atom. The van der Waals surface area contributed by atoms with Crippen molar-refractivity contribution >= 4 is 16.8 Å². The molecule has 1 amide bonds. The normalized spacial score (nSPS) is 14.7. The first-order chi connectivity index (χ1) is 16.6. The topological polar surface area (TPSA) is 67.4 Å². The number of hydrogen-bond donors (Lipinski definition) is 0. The van der Waals surface area contributed by atoms with Crippen molar-refractivity contribution in [1.82, 2.24) is 24.5 Å². The van der Waals surface area contributed by atoms with E-state index in [2.05, 4.69) is 57.7 Å². The number of piperazine rings is 1. The zero-order chi connectivity index (χ0) is 23.5. The smallest absolute Gasteiger partial charge is 0.270 e. The van der Waals surface area contributed by atoms with Gasteiger partial charge < -0.3 is 14.0 Å². The molecule has 0 unspecified atom stereocenters. The number of amides is 1. The van der Waals surface area contributed by atoms with Gasteiger partial charge in [0.25, 0.3) is 5.91 Å². The first-order valence-corrected chi connectivity index (χ1v) is 12.1. The lowest BCUT2D eigenvalue weighted by Gasteiger charge is -2.34. The van der Waals surface area contributed by atoms with Crippen molar-refractivity contribution in [2.45, 2.75) is 33.2 Å². The quantitative estimate of drug-likeness (QED) is 0.411. The molecule has 0 aliphatic carbocycles. The third-order valence-electron chi connectivity index (χ3n) is 6.65. The fraction of sp³-hybridized carbons (Fsp3) is 0.370. The van der Waals surface area contributed by atoms with E-state index in [1.165, 1.54) is 5.56 Å². The van der Waals surface area contributed by atoms with Gasteiger partial charge in [-0.25, -0.2) is 0 Å². The maximum absolute atomic E-state index is 13.3. The Morgan fingerprint density at radius 2 is 1.79 bits per heavy atom. The fourth-order valence-corrected chi connectivity index (χ4v) is 4.70. The second kappa shape index (κ2) is 9.81. The van der Waals surface area contributed by atoms with Crippen LogP contribution in [0.4, 0.5) is 0 Å². The summed E-state index contributed by atoms with van der Waals surface area (Å²) in [7, 11) is 0. The predicted molar refractivity (Wildman–Crippen MR) is 133 cm³/mol. The summed E-state index contributed by atoms with van der Waals surface area (Å²) >= 11 is 0. The summed E-state index contributed by atoms with van der Waals surface area (Å²) in [6.07, 6.45) is 1.71. The zero-order valence-corrected chi connectivity index (χ0v) is 19.9. The summed E-state index contributed by atoms with van der Waals surface area (Å²) in [5, 5.41) is 5.25. The molecular weight excluding hydrogens is 426 g/mol. The van der Waals surface area contributed by atoms with E-state index in [1.807, 2.05) is 35.2 Å². The molecule has 7 heteroatoms. The van der Waals surface area contributed by atoms with E-state index in [0.717, 1.165) is 74.3 Å². The van der Waals surface area contributed by atoms with Gasteiger partial charge in [-0.1, -0.05) is 53.2 Å². The third-order valence-corrected chi connectivity index (χ3v) is 6.65. The number of aromatic nitrogens is 3. The Morgan fingerprint density at radius 3 is 2.56 bits per heavy atom. The molecule has 0 saturated carbocycles. The zero-order valence-electron chi connectivity index (χ0n) is 19.9. The van der Waals surface area contributed by atoms with Gasteiger partial charge in [0.2, 0.25) is 11.7 Å². The molecular formula is C27H31N5O2. The van der Waals surface area contributed by atoms with Crippen molar-refractivity contribution in [2.24, 2.45) is 0 Å². The molecule has 34 heavy (non-hydrogen) atoms. The van der Waals surface area contributed by atoms with Crippen LogP contribution < -0.4 is 0 Å². The molecule has 0 atom stereocenters. The van der Waals surface area contributed by atoms with Crippen molar-refractivity contribution in [3.63, 3.8) is 0 Å². The lowest BCUT2D eigenvalue weighted by atomic mass is 10.1. The Kier molecular flexibility index (Phi) is 6.45. The summed E-state index contributed by atoms with van der Waals surface area (Å²) in [6, 6.07) is 18.4. The molecule has 2 aromatic carbocycles. The maximum Gasteiger partial charge on any atom is 0.270 e. The molecule has 7 nitrogen and oxygen atoms in total. The van der Waals surface area contributed by atoms with Crippen LogP contribution >= 0.6 is 0 Å². The van der Waals surface area contributed by atoms with Crippen LogP contribution in [0, 0.1) is 6.92 Å². The molecule has 4 aromatic rings. The standard InChI is InChI=1S/C27H31N5O2/c1-3-32-23-8-5-4-7-22(23)19-24(32)27(33)31-17-15-30(16-18-31)14-6-9-25-28-26(29-34-25)21-12-10-20(2)11-13-21/h4-5,7-8,10-13,19H,3,6,9,14-18H2,1-2H3. The Labute approximate surface area is 200 Å². The van der Waals surface area contributed by atoms with Crippen LogP contribution in [0.1, 0.15) is 35.3 Å². The molecule has 0 spiro atoms. The number of nitrogens with zero attached hydrogens (tertiary/aromatic N) is 5. The number of aryl methyl sites for hydroxylation is 3. The maximum atomic E-state index is 13.3. The summed E-state index contributed by atoms with van der Waals surface area (Å²) in [5.41, 5.74) is 4.10. The molecule has 3 heterocycles. The first-order valence-electron chi connectivity index (χ1n) is 12.1. The molecule has 1 saturated heterocycles. The molecule has 176 valence electrons. The highest BCUT2D eigenvalue weighted by atomic mass is 16.5. The highest BCUT2D eigenvalue weighted by Crippen LogP contribution is 2.22. The van der Waals surface area contributed by atoms with Crippen LogP contribution in [0.5, 0.6) is 0 Å². The van der Waals surface area contributed by atoms with E-state index in [9.17, 15) is 4.79 Å². The minimum Gasteiger partial charge on any atom is -0.339 e. The number of carbonyl (C=O) groups excluding carboxylic acids is 1. The van der Waals surface area contributed by atoms with Crippen molar-refractivity contribution in [3.05, 3.63) is 71.7 Å². The van der Waals surface area contributed by atoms with Crippen LogP contribution in [0.25, 0.3) is 22.3 Å². The third kappa shape index (κ3) is 4.61. The van der Waals surface area contributed by atoms with Crippen LogP contribution in [0.2, 0.25) is 0 Å². The molecule has 0 radical (unpaired) electrons. The number of fused-ring (bicyclic) bond motifs is 1. The summed E-state index contributed by atoms with van der Waals surface area (Å²) in [4.78, 5) is 22.2. The number of benzene rings is 2. The fourth-order valence-electron chi connectivity index (χ4n) is 4.70. The molecule has 1 aliphatic rings. The summed E-state index contributed by atoms with van der Waals surface area (Å²) in [5.74, 6) is 1.45. The van der Waals surface area contributed by atoms with Gasteiger partial charge in [0, 0.05) is 55.6 Å². The predicted octanol–water partition coefficient (Wildman–Crippen LogP) is 4.41. The second-order valence-corrected chi connectivity index (χ2v) is 8.95. The second-order valence-electron chi connectivity index (χ2n) is 8.95. The molecule has 5 rings (SSSR count). The van der Waals surface area contributed by atoms with Crippen LogP contribution in [0.15, 0.2) is 59.1 Å². The highest BCUT2D eigenvalue weighted by Gasteiger charge is 2.25. The van der Waals surface area contributed by atoms with Gasteiger partial charge in [0.05, 0.1) is 0 Å². The number of para-hydroxylation sites is 1. The van der Waals surface area contributed by atoms with Gasteiger partial charge in [0.1, 0.15) is 5.69 Å². The van der Waals surface area contributed by atoms with E-state index < -0.39 is 0 Å². The molecule has 1 aliphatic heterocycles. The average Bonchev–Trinajstić information content (AvgIpc) is 3.49. The lowest BCUT2D eigenvalue weighted by molar-refractivity contribution is 0.0625. The van der Waals surface area contributed by atoms with Crippen molar-refractivity contribution in [2.75, 3.05) is 32.7 Å². The van der Waals surface area contributed by atoms with E-state index in [1.54, 1.807) is 0 Å².